The predicted octanol–water partition coefficient (Wildman–Crippen LogP) is 2.76. The van der Waals surface area contributed by atoms with Crippen LogP contribution in [0.1, 0.15) is 26.3 Å². The lowest BCUT2D eigenvalue weighted by molar-refractivity contribution is -0.119. The predicted molar refractivity (Wildman–Crippen MR) is 91.6 cm³/mol. The number of carbonyl (C=O) groups excluding carboxylic acids is 2. The molecule has 0 unspecified atom stereocenters. The van der Waals surface area contributed by atoms with E-state index in [1.807, 2.05) is 45.0 Å². The van der Waals surface area contributed by atoms with E-state index in [1.165, 1.54) is 0 Å². The molecule has 1 aromatic carbocycles. The molecule has 0 fully saturated rings. The number of hydrogen-bond acceptors (Lipinski definition) is 6. The van der Waals surface area contributed by atoms with Gasteiger partial charge in [0.2, 0.25) is 11.8 Å². The fraction of sp³-hybridized carbons (Fsp3) is 0.375. The van der Waals surface area contributed by atoms with E-state index in [2.05, 4.69) is 20.8 Å². The van der Waals surface area contributed by atoms with Crippen LogP contribution in [0.15, 0.2) is 33.9 Å². The van der Waals surface area contributed by atoms with Gasteiger partial charge >= 0.3 is 6.03 Å². The van der Waals surface area contributed by atoms with Crippen LogP contribution in [0.2, 0.25) is 0 Å². The van der Waals surface area contributed by atoms with Gasteiger partial charge in [0, 0.05) is 11.6 Å². The van der Waals surface area contributed by atoms with Crippen molar-refractivity contribution < 1.29 is 14.0 Å². The van der Waals surface area contributed by atoms with Gasteiger partial charge in [-0.3, -0.25) is 10.1 Å². The average molecular weight is 348 g/mol. The quantitative estimate of drug-likeness (QED) is 0.807. The van der Waals surface area contributed by atoms with Gasteiger partial charge in [0.05, 0.1) is 5.25 Å². The second-order valence-electron chi connectivity index (χ2n) is 5.62. The van der Waals surface area contributed by atoms with Gasteiger partial charge in [-0.25, -0.2) is 4.79 Å². The van der Waals surface area contributed by atoms with Gasteiger partial charge in [0.25, 0.3) is 5.22 Å². The summed E-state index contributed by atoms with van der Waals surface area (Å²) in [7, 11) is 0. The minimum absolute atomic E-state index is 0.0474. The standard InChI is InChI=1S/C16H20N4O3S/c1-9(2)17-15(22)18-13(21)11(4)24-16-20-19-14(23-16)12-7-5-10(3)6-8-12/h5-9,11H,1-4H3,(H2,17,18,21,22)/t11-/m1/s1. The summed E-state index contributed by atoms with van der Waals surface area (Å²) in [6, 6.07) is 7.13. The number of hydrogen-bond donors (Lipinski definition) is 2. The molecule has 2 N–H and O–H groups in total. The lowest BCUT2D eigenvalue weighted by Gasteiger charge is -2.11. The minimum Gasteiger partial charge on any atom is -0.411 e. The molecule has 2 aromatic rings. The van der Waals surface area contributed by atoms with Crippen LogP contribution >= 0.6 is 11.8 Å². The Morgan fingerprint density at radius 1 is 1.12 bits per heavy atom. The first-order valence-electron chi connectivity index (χ1n) is 7.53. The van der Waals surface area contributed by atoms with Gasteiger partial charge < -0.3 is 9.73 Å². The first-order valence-corrected chi connectivity index (χ1v) is 8.41. The van der Waals surface area contributed by atoms with Gasteiger partial charge in [-0.2, -0.15) is 0 Å². The Balaban J connectivity index is 1.95. The zero-order valence-electron chi connectivity index (χ0n) is 14.0. The maximum Gasteiger partial charge on any atom is 0.321 e. The maximum atomic E-state index is 12.0. The Hall–Kier alpha value is -2.35. The van der Waals surface area contributed by atoms with E-state index >= 15 is 0 Å². The van der Waals surface area contributed by atoms with E-state index in [0.29, 0.717) is 5.89 Å². The highest BCUT2D eigenvalue weighted by molar-refractivity contribution is 8.00. The topological polar surface area (TPSA) is 97.1 Å². The van der Waals surface area contributed by atoms with Crippen molar-refractivity contribution in [1.82, 2.24) is 20.8 Å². The molecular formula is C16H20N4O3S. The average Bonchev–Trinajstić information content (AvgIpc) is 2.95. The number of amides is 3. The lowest BCUT2D eigenvalue weighted by Crippen LogP contribution is -2.45. The molecule has 0 aliphatic carbocycles. The maximum absolute atomic E-state index is 12.0. The van der Waals surface area contributed by atoms with E-state index in [0.717, 1.165) is 22.9 Å². The molecule has 128 valence electrons. The normalized spacial score (nSPS) is 12.0. The van der Waals surface area contributed by atoms with E-state index < -0.39 is 17.2 Å². The number of benzene rings is 1. The van der Waals surface area contributed by atoms with E-state index in [1.54, 1.807) is 6.92 Å². The number of thioether (sulfide) groups is 1. The van der Waals surface area contributed by atoms with Gasteiger partial charge in [0.1, 0.15) is 0 Å². The molecule has 2 rings (SSSR count). The highest BCUT2D eigenvalue weighted by Crippen LogP contribution is 2.26. The van der Waals surface area contributed by atoms with Crippen molar-refractivity contribution >= 4 is 23.7 Å². The summed E-state index contributed by atoms with van der Waals surface area (Å²) in [5.74, 6) is -0.0316. The van der Waals surface area contributed by atoms with Crippen LogP contribution in [-0.4, -0.2) is 33.4 Å². The molecular weight excluding hydrogens is 328 g/mol. The molecule has 0 aliphatic heterocycles. The number of nitrogens with zero attached hydrogens (tertiary/aromatic N) is 2. The molecule has 1 atom stereocenters. The van der Waals surface area contributed by atoms with Gasteiger partial charge in [-0.15, -0.1) is 10.2 Å². The highest BCUT2D eigenvalue weighted by atomic mass is 32.2. The summed E-state index contributed by atoms with van der Waals surface area (Å²) in [6.45, 7) is 7.29. The van der Waals surface area contributed by atoms with Crippen LogP contribution in [0.25, 0.3) is 11.5 Å². The van der Waals surface area contributed by atoms with E-state index in [9.17, 15) is 9.59 Å². The number of carbonyl (C=O) groups is 2. The first-order chi connectivity index (χ1) is 11.3. The second-order valence-corrected chi connectivity index (χ2v) is 6.91. The minimum atomic E-state index is -0.547. The number of nitrogens with one attached hydrogen (secondary N) is 2. The molecule has 1 aromatic heterocycles. The molecule has 3 amide bonds. The number of aromatic nitrogens is 2. The van der Waals surface area contributed by atoms with Crippen molar-refractivity contribution in [3.05, 3.63) is 29.8 Å². The number of rotatable bonds is 5. The first kappa shape index (κ1) is 18.0. The third kappa shape index (κ3) is 5.09. The third-order valence-electron chi connectivity index (χ3n) is 3.01. The SMILES string of the molecule is Cc1ccc(-c2nnc(S[C@H](C)C(=O)NC(=O)NC(C)C)o2)cc1. The largest absolute Gasteiger partial charge is 0.411 e. The van der Waals surface area contributed by atoms with Crippen LogP contribution in [0.4, 0.5) is 4.79 Å². The zero-order chi connectivity index (χ0) is 17.7. The molecule has 7 nitrogen and oxygen atoms in total. The van der Waals surface area contributed by atoms with E-state index in [-0.39, 0.29) is 11.3 Å². The molecule has 1 heterocycles. The van der Waals surface area contributed by atoms with Gasteiger partial charge in [-0.1, -0.05) is 29.5 Å². The summed E-state index contributed by atoms with van der Waals surface area (Å²) in [5.41, 5.74) is 1.95. The molecule has 8 heteroatoms. The van der Waals surface area contributed by atoms with Crippen LogP contribution in [0.5, 0.6) is 0 Å². The Labute approximate surface area is 144 Å². The van der Waals surface area contributed by atoms with Crippen molar-refractivity contribution in [2.24, 2.45) is 0 Å². The van der Waals surface area contributed by atoms with Gasteiger partial charge in [-0.05, 0) is 39.8 Å². The van der Waals surface area contributed by atoms with Crippen molar-refractivity contribution in [2.75, 3.05) is 0 Å². The molecule has 0 saturated carbocycles. The zero-order valence-corrected chi connectivity index (χ0v) is 14.8. The summed E-state index contributed by atoms with van der Waals surface area (Å²) < 4.78 is 5.56. The Bertz CT molecular complexity index is 712. The molecule has 24 heavy (non-hydrogen) atoms. The third-order valence-corrected chi connectivity index (χ3v) is 3.94. The van der Waals surface area contributed by atoms with Crippen molar-refractivity contribution in [1.29, 1.82) is 0 Å². The number of aryl methyl sites for hydroxylation is 1. The summed E-state index contributed by atoms with van der Waals surface area (Å²) in [5, 5.41) is 12.5. The second kappa shape index (κ2) is 7.96. The Morgan fingerprint density at radius 3 is 2.42 bits per heavy atom. The summed E-state index contributed by atoms with van der Waals surface area (Å²) >= 11 is 1.10. The van der Waals surface area contributed by atoms with Crippen LogP contribution < -0.4 is 10.6 Å². The fourth-order valence-corrected chi connectivity index (χ4v) is 2.47. The Kier molecular flexibility index (Phi) is 5.97. The van der Waals surface area contributed by atoms with E-state index in [4.69, 9.17) is 4.42 Å². The van der Waals surface area contributed by atoms with Crippen LogP contribution in [-0.2, 0) is 4.79 Å². The fourth-order valence-electron chi connectivity index (χ4n) is 1.79. The molecule has 0 bridgehead atoms. The van der Waals surface area contributed by atoms with Crippen molar-refractivity contribution in [3.63, 3.8) is 0 Å². The van der Waals surface area contributed by atoms with Crippen molar-refractivity contribution in [3.8, 4) is 11.5 Å². The van der Waals surface area contributed by atoms with Crippen LogP contribution in [0.3, 0.4) is 0 Å². The Morgan fingerprint density at radius 2 is 1.79 bits per heavy atom. The summed E-state index contributed by atoms with van der Waals surface area (Å²) in [4.78, 5) is 23.5. The molecule has 0 spiro atoms. The van der Waals surface area contributed by atoms with Crippen molar-refractivity contribution in [2.45, 2.75) is 44.2 Å². The monoisotopic (exact) mass is 348 g/mol. The lowest BCUT2D eigenvalue weighted by atomic mass is 10.1. The highest BCUT2D eigenvalue weighted by Gasteiger charge is 2.20. The number of imide groups is 1. The van der Waals surface area contributed by atoms with Gasteiger partial charge in [0.15, 0.2) is 0 Å². The molecule has 0 aliphatic rings. The summed E-state index contributed by atoms with van der Waals surface area (Å²) in [6.07, 6.45) is 0. The smallest absolute Gasteiger partial charge is 0.321 e. The molecule has 0 saturated heterocycles. The molecule has 0 radical (unpaired) electrons. The number of urea groups is 1. The van der Waals surface area contributed by atoms with Crippen LogP contribution in [0, 0.1) is 6.92 Å².